The Hall–Kier alpha value is -12.1. The standard InChI is InChI=1S/C122H118F6N2O3/c1-9-75-19-55-95(56-20-75)131-97-59-41-87(42-60-97)121(85-37-33-83(34-38-85)119(3,4)5)107-17-13-11-15-99(107)101-63-31-81(67-109(101)121)77-27-49-91(50-28-77)129(115-73-111(125)105(71-113(115)127)79-23-45-89(123)46-24-79)93-53-65-103-104-66-54-94(70-118(104)133-117(103)69-93)130(116-74-112(126)106(72-114(116)128)80-25-47-90(124)48-26-80)92-51-29-78(30-52-92)82-32-64-102-100-16-12-14-18-108(100)122(110(102)68-82,86-39-35-84(36-40-86)120(6,7)8)88-43-61-98(62-44-88)132-96-57-21-76(10-2)22-58-96/h9-11,13-15,17-26,29-31,33,35,37-39,41-49,51,53-55,57-61,63,65-68,72,74,77,83,92-95,98,100,103,108,113,115,117H,1-2,12,16,27-28,32,34,36,40,50,52,56,62,64,69-71,73H2,3-8H3. The predicted molar refractivity (Wildman–Crippen MR) is 528 cm³/mol. The second-order valence-electron chi connectivity index (χ2n) is 41.2. The largest absolute Gasteiger partial charge is 0.493 e. The molecule has 0 bridgehead atoms. The van der Waals surface area contributed by atoms with Crippen molar-refractivity contribution in [2.75, 3.05) is 4.90 Å². The summed E-state index contributed by atoms with van der Waals surface area (Å²) >= 11 is 0. The van der Waals surface area contributed by atoms with Gasteiger partial charge in [0.2, 0.25) is 0 Å². The van der Waals surface area contributed by atoms with Crippen LogP contribution in [0.25, 0.3) is 33.9 Å². The molecule has 15 atom stereocenters. The van der Waals surface area contributed by atoms with Gasteiger partial charge in [0.1, 0.15) is 70.8 Å². The topological polar surface area (TPSA) is 34.2 Å². The van der Waals surface area contributed by atoms with Gasteiger partial charge in [-0.2, -0.15) is 0 Å². The molecule has 0 radical (unpaired) electrons. The molecular formula is C122H118F6N2O3. The van der Waals surface area contributed by atoms with Gasteiger partial charge in [-0.05, 0) is 255 Å². The molecule has 0 fully saturated rings. The van der Waals surface area contributed by atoms with Crippen LogP contribution in [-0.2, 0) is 10.2 Å². The maximum Gasteiger partial charge on any atom is 0.147 e. The van der Waals surface area contributed by atoms with Crippen LogP contribution in [0.4, 0.5) is 32.0 Å². The summed E-state index contributed by atoms with van der Waals surface area (Å²) in [6.07, 6.45) is 63.9. The molecule has 0 aromatic heterocycles. The third-order valence-corrected chi connectivity index (χ3v) is 31.8. The Bertz CT molecular complexity index is 6440. The Morgan fingerprint density at radius 3 is 1.95 bits per heavy atom. The van der Waals surface area contributed by atoms with Gasteiger partial charge in [-0.1, -0.05) is 296 Å². The second-order valence-corrected chi connectivity index (χ2v) is 41.2. The maximum atomic E-state index is 18.0. The van der Waals surface area contributed by atoms with E-state index in [-0.39, 0.29) is 82.6 Å². The fourth-order valence-corrected chi connectivity index (χ4v) is 24.9. The van der Waals surface area contributed by atoms with Crippen LogP contribution in [0.5, 0.6) is 11.5 Å². The number of alkyl halides is 1. The summed E-state index contributed by atoms with van der Waals surface area (Å²) < 4.78 is 120. The first-order valence-electron chi connectivity index (χ1n) is 48.6. The van der Waals surface area contributed by atoms with Gasteiger partial charge in [-0.25, -0.2) is 26.3 Å². The lowest BCUT2D eigenvalue weighted by atomic mass is 9.58. The number of anilines is 1. The highest BCUT2D eigenvalue weighted by Gasteiger charge is 2.57. The molecular weight excluding hydrogens is 1660 g/mol. The van der Waals surface area contributed by atoms with Crippen LogP contribution in [-0.4, -0.2) is 53.6 Å². The van der Waals surface area contributed by atoms with E-state index in [2.05, 4.69) is 260 Å². The molecule has 676 valence electrons. The quantitative estimate of drug-likeness (QED) is 0.0561. The number of ether oxygens (including phenoxy) is 3. The predicted octanol–water partition coefficient (Wildman–Crippen LogP) is 30.9. The van der Waals surface area contributed by atoms with Gasteiger partial charge in [-0.15, -0.1) is 0 Å². The van der Waals surface area contributed by atoms with Crippen molar-refractivity contribution in [3.8, 4) is 33.8 Å². The molecule has 0 spiro atoms. The SMILES string of the molecule is C=CC1=CCC(Oc2ccc(C3(C4=CCC(C(C)(C)C)C=C4)c4ccccc4-c4ccc(C5CC=C(N(C6C=CC7C8=C(CC(N(c9cc(F)c(-c%10ccc(F)cc%10)cc9F)C9C=CC(C%10=CC%11=C(CC%10)C%10CCC=CC%10C%11(C%10=CCC(Oc%11ccc(C=C)cc%11)C=C%10)C%10=CC=C(C(C)(C)C)CC%10)=CC9)C=C8)OC7C6)C6CC(F)=C(c7ccc(F)cc7)CC6F)CC5)cc43)cc2)C=C1. The van der Waals surface area contributed by atoms with E-state index in [1.165, 1.54) is 110 Å². The average Bonchev–Trinajstić information content (AvgIpc) is 1.54. The molecule has 1 heterocycles. The highest BCUT2D eigenvalue weighted by atomic mass is 19.2. The molecule has 21 rings (SSSR count). The van der Waals surface area contributed by atoms with Crippen molar-refractivity contribution in [1.29, 1.82) is 0 Å². The van der Waals surface area contributed by atoms with Crippen LogP contribution >= 0.6 is 0 Å². The van der Waals surface area contributed by atoms with Gasteiger partial charge in [0, 0.05) is 78.7 Å². The van der Waals surface area contributed by atoms with Crippen LogP contribution in [0.15, 0.2) is 378 Å². The van der Waals surface area contributed by atoms with Crippen LogP contribution in [0, 0.1) is 63.2 Å². The van der Waals surface area contributed by atoms with E-state index in [0.29, 0.717) is 55.1 Å². The normalized spacial score (nSPS) is 28.4. The molecule has 133 heavy (non-hydrogen) atoms. The highest BCUT2D eigenvalue weighted by Crippen LogP contribution is 2.67. The summed E-state index contributed by atoms with van der Waals surface area (Å²) in [6, 6.07) is 44.5. The first-order valence-corrected chi connectivity index (χ1v) is 48.6. The summed E-state index contributed by atoms with van der Waals surface area (Å²) in [7, 11) is 0. The van der Waals surface area contributed by atoms with Crippen molar-refractivity contribution in [3.63, 3.8) is 0 Å². The molecule has 0 saturated carbocycles. The van der Waals surface area contributed by atoms with Crippen LogP contribution in [0.3, 0.4) is 0 Å². The zero-order valence-electron chi connectivity index (χ0n) is 77.1. The number of benzene rings is 7. The lowest BCUT2D eigenvalue weighted by Crippen LogP contribution is -2.50. The van der Waals surface area contributed by atoms with Crippen LogP contribution in [0.2, 0.25) is 0 Å². The van der Waals surface area contributed by atoms with Crippen molar-refractivity contribution >= 4 is 17.3 Å². The van der Waals surface area contributed by atoms with Crippen molar-refractivity contribution < 1.29 is 40.6 Å². The summed E-state index contributed by atoms with van der Waals surface area (Å²) in [4.78, 5) is 4.24. The Labute approximate surface area is 781 Å². The first-order chi connectivity index (χ1) is 64.5. The zero-order valence-corrected chi connectivity index (χ0v) is 77.1. The van der Waals surface area contributed by atoms with Gasteiger partial charge in [0.25, 0.3) is 0 Å². The minimum absolute atomic E-state index is 0.0355. The van der Waals surface area contributed by atoms with Gasteiger partial charge in [0.05, 0.1) is 35.3 Å². The lowest BCUT2D eigenvalue weighted by molar-refractivity contribution is 0.0501. The molecule has 5 nitrogen and oxygen atoms in total. The van der Waals surface area contributed by atoms with Crippen molar-refractivity contribution in [2.24, 2.45) is 39.9 Å². The number of hydrogen-bond acceptors (Lipinski definition) is 5. The number of halogens is 6. The Kier molecular flexibility index (Phi) is 23.3. The minimum atomic E-state index is -1.47. The van der Waals surface area contributed by atoms with E-state index < -0.39 is 64.2 Å². The molecule has 15 unspecified atom stereocenters. The number of nitrogens with zero attached hydrogens (tertiary/aromatic N) is 2. The summed E-state index contributed by atoms with van der Waals surface area (Å²) in [5, 5.41) is 0. The molecule has 14 aliphatic rings. The third kappa shape index (κ3) is 16.1. The molecule has 1 aliphatic heterocycles. The fourth-order valence-electron chi connectivity index (χ4n) is 24.9. The fraction of sp³-hybridized carbons (Fsp3) is 0.328. The van der Waals surface area contributed by atoms with Gasteiger partial charge in [-0.3, -0.25) is 0 Å². The zero-order chi connectivity index (χ0) is 91.3. The Morgan fingerprint density at radius 1 is 0.549 bits per heavy atom. The van der Waals surface area contributed by atoms with Crippen LogP contribution in [0.1, 0.15) is 190 Å². The molecule has 7 aromatic rings. The van der Waals surface area contributed by atoms with Gasteiger partial charge in [0.15, 0.2) is 0 Å². The molecule has 11 heteroatoms. The van der Waals surface area contributed by atoms with E-state index in [4.69, 9.17) is 14.2 Å². The molecule has 0 saturated heterocycles. The second kappa shape index (κ2) is 35.4. The van der Waals surface area contributed by atoms with E-state index in [1.807, 2.05) is 41.3 Å². The van der Waals surface area contributed by atoms with E-state index in [9.17, 15) is 8.78 Å². The van der Waals surface area contributed by atoms with E-state index in [1.54, 1.807) is 17.7 Å². The number of rotatable bonds is 20. The minimum Gasteiger partial charge on any atom is -0.493 e. The number of hydrogen-bond donors (Lipinski definition) is 0. The van der Waals surface area contributed by atoms with Gasteiger partial charge >= 0.3 is 0 Å². The van der Waals surface area contributed by atoms with Crippen molar-refractivity contribution in [1.82, 2.24) is 4.90 Å². The maximum absolute atomic E-state index is 18.0. The third-order valence-electron chi connectivity index (χ3n) is 31.8. The first kappa shape index (κ1) is 87.6. The number of fused-ring (bicyclic) bond motifs is 7. The average molecular weight is 1770 g/mol. The van der Waals surface area contributed by atoms with Gasteiger partial charge < -0.3 is 24.0 Å². The lowest BCUT2D eigenvalue weighted by Gasteiger charge is -2.46. The van der Waals surface area contributed by atoms with Crippen molar-refractivity contribution in [3.05, 3.63) is 434 Å². The molecule has 13 aliphatic carbocycles. The smallest absolute Gasteiger partial charge is 0.147 e. The summed E-state index contributed by atoms with van der Waals surface area (Å²) in [6.45, 7) is 21.9. The number of allylic oxidation sites excluding steroid dienone is 25. The van der Waals surface area contributed by atoms with E-state index in [0.717, 1.165) is 115 Å². The van der Waals surface area contributed by atoms with Crippen LogP contribution < -0.4 is 14.4 Å². The molecule has 7 aromatic carbocycles. The van der Waals surface area contributed by atoms with E-state index >= 15 is 17.6 Å². The van der Waals surface area contributed by atoms with Crippen molar-refractivity contribution in [2.45, 2.75) is 211 Å². The summed E-state index contributed by atoms with van der Waals surface area (Å²) in [5.41, 5.74) is 22.6. The molecule has 0 N–H and O–H groups in total. The summed E-state index contributed by atoms with van der Waals surface area (Å²) in [5.74, 6) is 0.793. The monoisotopic (exact) mass is 1770 g/mol. The Morgan fingerprint density at radius 2 is 1.28 bits per heavy atom. The Balaban J connectivity index is 0.577. The molecule has 0 amide bonds. The highest BCUT2D eigenvalue weighted by molar-refractivity contribution is 5.87.